The minimum absolute atomic E-state index is 0.129. The molecular weight excluding hydrogens is 849 g/mol. The van der Waals surface area contributed by atoms with Gasteiger partial charge < -0.3 is 29.1 Å². The van der Waals surface area contributed by atoms with Crippen LogP contribution >= 0.6 is 0 Å². The maximum Gasteiger partial charge on any atom is 0.410 e. The predicted molar refractivity (Wildman–Crippen MR) is 274 cm³/mol. The zero-order valence-corrected chi connectivity index (χ0v) is 40.8. The Morgan fingerprint density at radius 1 is 0.368 bits per heavy atom. The molecule has 0 spiro atoms. The monoisotopic (exact) mass is 908 g/mol. The van der Waals surface area contributed by atoms with Gasteiger partial charge in [0.1, 0.15) is 11.2 Å². The van der Waals surface area contributed by atoms with Gasteiger partial charge >= 0.3 is 12.2 Å². The van der Waals surface area contributed by atoms with E-state index in [9.17, 15) is 19.2 Å². The van der Waals surface area contributed by atoms with Gasteiger partial charge in [-0.3, -0.25) is 9.59 Å². The first-order valence-corrected chi connectivity index (χ1v) is 23.0. The first-order valence-electron chi connectivity index (χ1n) is 23.0. The van der Waals surface area contributed by atoms with E-state index in [1.165, 1.54) is 0 Å². The quantitative estimate of drug-likeness (QED) is 0.127. The Hall–Kier alpha value is -7.46. The third kappa shape index (κ3) is 9.81. The molecule has 4 amide bonds. The highest BCUT2D eigenvalue weighted by molar-refractivity contribution is 6.08. The van der Waals surface area contributed by atoms with Crippen LogP contribution in [-0.4, -0.2) is 83.0 Å². The van der Waals surface area contributed by atoms with Crippen molar-refractivity contribution < 1.29 is 28.7 Å². The summed E-state index contributed by atoms with van der Waals surface area (Å²) in [4.78, 5) is 61.2. The minimum atomic E-state index is -0.616. The molecule has 8 rings (SSSR count). The van der Waals surface area contributed by atoms with Crippen molar-refractivity contribution in [3.05, 3.63) is 167 Å². The summed E-state index contributed by atoms with van der Waals surface area (Å²) in [7, 11) is 7.14. The molecule has 0 unspecified atom stereocenters. The van der Waals surface area contributed by atoms with Crippen LogP contribution in [-0.2, 0) is 35.7 Å². The maximum atomic E-state index is 14.2. The predicted octanol–water partition coefficient (Wildman–Crippen LogP) is 12.7. The molecule has 0 bridgehead atoms. The van der Waals surface area contributed by atoms with Crippen molar-refractivity contribution in [2.45, 2.75) is 78.9 Å². The highest BCUT2D eigenvalue weighted by atomic mass is 16.6. The van der Waals surface area contributed by atoms with Crippen molar-refractivity contribution in [2.75, 3.05) is 28.2 Å². The Balaban J connectivity index is 1.02. The summed E-state index contributed by atoms with van der Waals surface area (Å²) in [6.45, 7) is 12.6. The van der Waals surface area contributed by atoms with E-state index in [1.807, 2.05) is 141 Å². The summed E-state index contributed by atoms with van der Waals surface area (Å²) in [5, 5.41) is 9.81. The second kappa shape index (κ2) is 18.7. The molecule has 0 aromatic heterocycles. The van der Waals surface area contributed by atoms with Crippen LogP contribution in [0.4, 0.5) is 9.59 Å². The number of fused-ring (bicyclic) bond motifs is 5. The lowest BCUT2D eigenvalue weighted by atomic mass is 9.91. The molecule has 0 aliphatic heterocycles. The molecule has 0 atom stereocenters. The summed E-state index contributed by atoms with van der Waals surface area (Å²) in [5.41, 5.74) is 3.92. The zero-order chi connectivity index (χ0) is 48.7. The standard InChI is InChI=1S/C58H60N4O6/c1-57(2,3)67-55(65)61(9)35-51-45-23-15-11-19-41(45)49(42-20-12-16-24-46(42)51)33-59(7)53(63)39-29-27-38-32-40(30-28-37(38)31-39)54(64)60(8)34-50-43-21-13-17-25-47(43)52(48-26-18-14-22-44(48)50)36-62(10)56(66)68-58(4,5)6/h11-32H,33-36H2,1-10H3. The van der Waals surface area contributed by atoms with Crippen LogP contribution < -0.4 is 0 Å². The minimum Gasteiger partial charge on any atom is -0.444 e. The van der Waals surface area contributed by atoms with E-state index in [-0.39, 0.29) is 11.8 Å². The SMILES string of the molecule is CN(Cc1c2ccccc2c(CN(C)C(=O)c2ccc3cc(C(=O)N(C)Cc4c5ccccc5c(CN(C)C(=O)OC(C)(C)C)c5ccccc45)ccc3c2)c2ccccc12)C(=O)OC(C)(C)C. The normalized spacial score (nSPS) is 11.9. The first kappa shape index (κ1) is 47.0. The van der Waals surface area contributed by atoms with Crippen molar-refractivity contribution in [3.63, 3.8) is 0 Å². The van der Waals surface area contributed by atoms with Gasteiger partial charge in [0, 0.05) is 65.5 Å². The molecule has 348 valence electrons. The summed E-state index contributed by atoms with van der Waals surface area (Å²) in [6.07, 6.45) is -0.787. The number of benzene rings is 8. The van der Waals surface area contributed by atoms with Gasteiger partial charge in [-0.25, -0.2) is 9.59 Å². The van der Waals surface area contributed by atoms with Gasteiger partial charge in [0.25, 0.3) is 11.8 Å². The number of ether oxygens (including phenoxy) is 2. The third-order valence-corrected chi connectivity index (χ3v) is 12.3. The fourth-order valence-corrected chi connectivity index (χ4v) is 9.15. The summed E-state index contributed by atoms with van der Waals surface area (Å²) >= 11 is 0. The number of hydrogen-bond donors (Lipinski definition) is 0. The lowest BCUT2D eigenvalue weighted by Crippen LogP contribution is -2.34. The molecule has 0 saturated heterocycles. The number of amides is 4. The molecule has 10 nitrogen and oxygen atoms in total. The number of hydrogen-bond acceptors (Lipinski definition) is 6. The molecule has 0 fully saturated rings. The van der Waals surface area contributed by atoms with Crippen molar-refractivity contribution in [1.82, 2.24) is 19.6 Å². The highest BCUT2D eigenvalue weighted by Gasteiger charge is 2.25. The smallest absolute Gasteiger partial charge is 0.410 e. The number of nitrogens with zero attached hydrogens (tertiary/aromatic N) is 4. The van der Waals surface area contributed by atoms with Crippen LogP contribution in [0.3, 0.4) is 0 Å². The maximum absolute atomic E-state index is 14.2. The highest BCUT2D eigenvalue weighted by Crippen LogP contribution is 2.37. The van der Waals surface area contributed by atoms with Gasteiger partial charge in [-0.15, -0.1) is 0 Å². The van der Waals surface area contributed by atoms with Gasteiger partial charge in [0.15, 0.2) is 0 Å². The van der Waals surface area contributed by atoms with Crippen LogP contribution in [0.2, 0.25) is 0 Å². The van der Waals surface area contributed by atoms with E-state index < -0.39 is 23.4 Å². The third-order valence-electron chi connectivity index (χ3n) is 12.3. The fraction of sp³-hybridized carbons (Fsp3) is 0.276. The molecule has 68 heavy (non-hydrogen) atoms. The van der Waals surface area contributed by atoms with Crippen molar-refractivity contribution in [3.8, 4) is 0 Å². The van der Waals surface area contributed by atoms with Crippen LogP contribution in [0.15, 0.2) is 133 Å². The molecular formula is C58H60N4O6. The van der Waals surface area contributed by atoms with Crippen LogP contribution in [0, 0.1) is 0 Å². The summed E-state index contributed by atoms with van der Waals surface area (Å²) < 4.78 is 11.4. The summed E-state index contributed by atoms with van der Waals surface area (Å²) in [6, 6.07) is 43.8. The average molecular weight is 909 g/mol. The fourth-order valence-electron chi connectivity index (χ4n) is 9.15. The first-order chi connectivity index (χ1) is 32.3. The Morgan fingerprint density at radius 3 is 0.838 bits per heavy atom. The molecule has 0 N–H and O–H groups in total. The van der Waals surface area contributed by atoms with Gasteiger partial charge in [0.2, 0.25) is 0 Å². The molecule has 0 saturated carbocycles. The van der Waals surface area contributed by atoms with E-state index in [2.05, 4.69) is 48.5 Å². The van der Waals surface area contributed by atoms with E-state index in [1.54, 1.807) is 33.7 Å². The molecule has 0 aliphatic rings. The Bertz CT molecular complexity index is 2940. The molecule has 0 radical (unpaired) electrons. The van der Waals surface area contributed by atoms with Gasteiger partial charge in [-0.2, -0.15) is 0 Å². The zero-order valence-electron chi connectivity index (χ0n) is 40.8. The molecule has 0 heterocycles. The van der Waals surface area contributed by atoms with Crippen molar-refractivity contribution in [2.24, 2.45) is 0 Å². The van der Waals surface area contributed by atoms with Crippen LogP contribution in [0.1, 0.15) is 84.5 Å². The second-order valence-corrected chi connectivity index (χ2v) is 19.9. The van der Waals surface area contributed by atoms with E-state index in [4.69, 9.17) is 9.47 Å². The van der Waals surface area contributed by atoms with Crippen molar-refractivity contribution >= 4 is 77.9 Å². The van der Waals surface area contributed by atoms with E-state index >= 15 is 0 Å². The molecule has 8 aromatic carbocycles. The topological polar surface area (TPSA) is 99.7 Å². The lowest BCUT2D eigenvalue weighted by molar-refractivity contribution is 0.0276. The number of rotatable bonds is 10. The number of carbonyl (C=O) groups is 4. The van der Waals surface area contributed by atoms with E-state index in [0.29, 0.717) is 37.3 Å². The average Bonchev–Trinajstić information content (AvgIpc) is 3.31. The Labute approximate surface area is 398 Å². The summed E-state index contributed by atoms with van der Waals surface area (Å²) in [5.74, 6) is -0.258. The molecule has 8 aromatic rings. The number of carbonyl (C=O) groups excluding carboxylic acids is 4. The molecule has 10 heteroatoms. The van der Waals surface area contributed by atoms with Gasteiger partial charge in [0.05, 0.1) is 0 Å². The van der Waals surface area contributed by atoms with Gasteiger partial charge in [-0.05, 0) is 142 Å². The Kier molecular flexibility index (Phi) is 12.9. The van der Waals surface area contributed by atoms with Crippen LogP contribution in [0.25, 0.3) is 53.9 Å². The molecule has 0 aliphatic carbocycles. The Morgan fingerprint density at radius 2 is 0.603 bits per heavy atom. The van der Waals surface area contributed by atoms with Gasteiger partial charge in [-0.1, -0.05) is 109 Å². The van der Waals surface area contributed by atoms with E-state index in [0.717, 1.165) is 76.1 Å². The van der Waals surface area contributed by atoms with Crippen LogP contribution in [0.5, 0.6) is 0 Å². The largest absolute Gasteiger partial charge is 0.444 e. The van der Waals surface area contributed by atoms with Crippen molar-refractivity contribution in [1.29, 1.82) is 0 Å². The second-order valence-electron chi connectivity index (χ2n) is 19.9. The lowest BCUT2D eigenvalue weighted by Gasteiger charge is -2.26.